The van der Waals surface area contributed by atoms with E-state index in [9.17, 15) is 4.79 Å². The molecule has 17 heavy (non-hydrogen) atoms. The van der Waals surface area contributed by atoms with Crippen LogP contribution < -0.4 is 5.73 Å². The third-order valence-electron chi connectivity index (χ3n) is 3.25. The quantitative estimate of drug-likeness (QED) is 0.872. The van der Waals surface area contributed by atoms with Gasteiger partial charge in [-0.1, -0.05) is 6.92 Å². The second-order valence-electron chi connectivity index (χ2n) is 4.32. The Balaban J connectivity index is 2.13. The second-order valence-corrected chi connectivity index (χ2v) is 5.81. The Bertz CT molecular complexity index is 405. The van der Waals surface area contributed by atoms with Gasteiger partial charge in [-0.15, -0.1) is 0 Å². The van der Waals surface area contributed by atoms with Gasteiger partial charge in [0.2, 0.25) is 0 Å². The summed E-state index contributed by atoms with van der Waals surface area (Å²) in [6, 6.07) is 2.00. The first-order valence-electron chi connectivity index (χ1n) is 5.83. The number of nitrogens with two attached hydrogens (primary N) is 1. The molecule has 0 aliphatic carbocycles. The predicted octanol–water partition coefficient (Wildman–Crippen LogP) is 1.70. The van der Waals surface area contributed by atoms with Gasteiger partial charge in [-0.25, -0.2) is 0 Å². The van der Waals surface area contributed by atoms with Gasteiger partial charge < -0.3 is 15.1 Å². The minimum absolute atomic E-state index is 0.0492. The van der Waals surface area contributed by atoms with Crippen LogP contribution in [0.25, 0.3) is 0 Å². The zero-order chi connectivity index (χ0) is 12.4. The number of furan rings is 1. The summed E-state index contributed by atoms with van der Waals surface area (Å²) >= 11 is 1.91. The summed E-state index contributed by atoms with van der Waals surface area (Å²) in [6.45, 7) is 5.39. The maximum Gasteiger partial charge on any atom is 0.257 e. The topological polar surface area (TPSA) is 59.5 Å². The van der Waals surface area contributed by atoms with Crippen molar-refractivity contribution in [1.29, 1.82) is 0 Å². The third-order valence-corrected chi connectivity index (χ3v) is 4.58. The van der Waals surface area contributed by atoms with Crippen molar-refractivity contribution < 1.29 is 9.21 Å². The van der Waals surface area contributed by atoms with Crippen LogP contribution in [0.1, 0.15) is 30.0 Å². The smallest absolute Gasteiger partial charge is 0.257 e. The van der Waals surface area contributed by atoms with Crippen LogP contribution in [-0.2, 0) is 6.54 Å². The highest BCUT2D eigenvalue weighted by Crippen LogP contribution is 2.25. The van der Waals surface area contributed by atoms with Gasteiger partial charge in [0.15, 0.2) is 0 Å². The van der Waals surface area contributed by atoms with Crippen LogP contribution in [0.2, 0.25) is 0 Å². The van der Waals surface area contributed by atoms with Crippen LogP contribution in [0.5, 0.6) is 0 Å². The van der Waals surface area contributed by atoms with Crippen molar-refractivity contribution in [3.05, 3.63) is 23.7 Å². The van der Waals surface area contributed by atoms with Gasteiger partial charge in [0, 0.05) is 23.6 Å². The Hall–Kier alpha value is -0.940. The Morgan fingerprint density at radius 2 is 2.41 bits per heavy atom. The summed E-state index contributed by atoms with van der Waals surface area (Å²) in [7, 11) is 0. The standard InChI is InChI=1S/C12H18N2O2S/c1-8-9(2)17-4-3-14(8)12(15)10-5-11(6-13)16-7-10/h5,7-9H,3-4,6,13H2,1-2H3. The van der Waals surface area contributed by atoms with E-state index in [1.54, 1.807) is 6.07 Å². The van der Waals surface area contributed by atoms with Crippen LogP contribution in [0.3, 0.4) is 0 Å². The largest absolute Gasteiger partial charge is 0.467 e. The lowest BCUT2D eigenvalue weighted by Crippen LogP contribution is -2.47. The normalized spacial score (nSPS) is 25.0. The number of rotatable bonds is 2. The van der Waals surface area contributed by atoms with Gasteiger partial charge in [0.25, 0.3) is 5.91 Å². The zero-order valence-corrected chi connectivity index (χ0v) is 11.0. The predicted molar refractivity (Wildman–Crippen MR) is 69.0 cm³/mol. The highest BCUT2D eigenvalue weighted by Gasteiger charge is 2.30. The third kappa shape index (κ3) is 2.50. The van der Waals surface area contributed by atoms with Crippen molar-refractivity contribution in [2.24, 2.45) is 5.73 Å². The van der Waals surface area contributed by atoms with Crippen molar-refractivity contribution >= 4 is 17.7 Å². The molecule has 2 heterocycles. The molecule has 0 radical (unpaired) electrons. The van der Waals surface area contributed by atoms with Crippen molar-refractivity contribution in [3.63, 3.8) is 0 Å². The highest BCUT2D eigenvalue weighted by molar-refractivity contribution is 8.00. The van der Waals surface area contributed by atoms with E-state index >= 15 is 0 Å². The van der Waals surface area contributed by atoms with E-state index in [0.29, 0.717) is 23.1 Å². The van der Waals surface area contributed by atoms with Gasteiger partial charge in [-0.2, -0.15) is 11.8 Å². The summed E-state index contributed by atoms with van der Waals surface area (Å²) in [4.78, 5) is 14.2. The molecule has 1 amide bonds. The monoisotopic (exact) mass is 254 g/mol. The number of hydrogen-bond acceptors (Lipinski definition) is 4. The lowest BCUT2D eigenvalue weighted by molar-refractivity contribution is 0.0697. The zero-order valence-electron chi connectivity index (χ0n) is 10.2. The van der Waals surface area contributed by atoms with Crippen molar-refractivity contribution in [2.45, 2.75) is 31.7 Å². The molecule has 2 atom stereocenters. The lowest BCUT2D eigenvalue weighted by atomic mass is 10.1. The van der Waals surface area contributed by atoms with E-state index in [1.807, 2.05) is 16.7 Å². The summed E-state index contributed by atoms with van der Waals surface area (Å²) in [5, 5.41) is 0.480. The number of hydrogen-bond donors (Lipinski definition) is 1. The van der Waals surface area contributed by atoms with Crippen LogP contribution in [0.4, 0.5) is 0 Å². The fourth-order valence-electron chi connectivity index (χ4n) is 1.99. The molecule has 0 spiro atoms. The molecule has 1 saturated heterocycles. The maximum absolute atomic E-state index is 12.3. The fraction of sp³-hybridized carbons (Fsp3) is 0.583. The molecule has 0 bridgehead atoms. The Morgan fingerprint density at radius 3 is 3.06 bits per heavy atom. The molecule has 2 N–H and O–H groups in total. The maximum atomic E-state index is 12.3. The van der Waals surface area contributed by atoms with Gasteiger partial charge in [-0.3, -0.25) is 4.79 Å². The Labute approximate surface area is 106 Å². The average Bonchev–Trinajstić information content (AvgIpc) is 2.80. The van der Waals surface area contributed by atoms with E-state index < -0.39 is 0 Å². The van der Waals surface area contributed by atoms with Crippen LogP contribution in [-0.4, -0.2) is 34.4 Å². The molecule has 2 rings (SSSR count). The summed E-state index contributed by atoms with van der Waals surface area (Å²) in [6.07, 6.45) is 1.50. The van der Waals surface area contributed by atoms with E-state index in [2.05, 4.69) is 13.8 Å². The van der Waals surface area contributed by atoms with Gasteiger partial charge in [-0.05, 0) is 13.0 Å². The number of amides is 1. The molecule has 1 aromatic heterocycles. The minimum Gasteiger partial charge on any atom is -0.467 e. The van der Waals surface area contributed by atoms with Crippen molar-refractivity contribution in [1.82, 2.24) is 4.90 Å². The average molecular weight is 254 g/mol. The lowest BCUT2D eigenvalue weighted by Gasteiger charge is -2.37. The molecule has 4 nitrogen and oxygen atoms in total. The van der Waals surface area contributed by atoms with Gasteiger partial charge in [0.1, 0.15) is 12.0 Å². The molecule has 1 aromatic rings. The molecule has 1 aliphatic heterocycles. The Kier molecular flexibility index (Phi) is 3.79. The first-order chi connectivity index (χ1) is 8.13. The molecule has 94 valence electrons. The highest BCUT2D eigenvalue weighted by atomic mass is 32.2. The van der Waals surface area contributed by atoms with E-state index in [4.69, 9.17) is 10.2 Å². The van der Waals surface area contributed by atoms with Gasteiger partial charge in [0.05, 0.1) is 12.1 Å². The van der Waals surface area contributed by atoms with Gasteiger partial charge >= 0.3 is 0 Å². The van der Waals surface area contributed by atoms with Crippen LogP contribution in [0, 0.1) is 0 Å². The number of carbonyl (C=O) groups is 1. The number of thioether (sulfide) groups is 1. The molecular weight excluding hydrogens is 236 g/mol. The summed E-state index contributed by atoms with van der Waals surface area (Å²) in [5.74, 6) is 1.70. The first kappa shape index (κ1) is 12.5. The van der Waals surface area contributed by atoms with Crippen molar-refractivity contribution in [3.8, 4) is 0 Å². The van der Waals surface area contributed by atoms with Crippen LogP contribution in [0.15, 0.2) is 16.7 Å². The summed E-state index contributed by atoms with van der Waals surface area (Å²) in [5.41, 5.74) is 6.08. The molecule has 5 heteroatoms. The molecule has 0 aromatic carbocycles. The van der Waals surface area contributed by atoms with E-state index in [0.717, 1.165) is 12.3 Å². The number of carbonyl (C=O) groups excluding carboxylic acids is 1. The molecule has 1 aliphatic rings. The fourth-order valence-corrected chi connectivity index (χ4v) is 3.08. The molecule has 2 unspecified atom stereocenters. The minimum atomic E-state index is 0.0492. The number of nitrogens with zero attached hydrogens (tertiary/aromatic N) is 1. The molecule has 0 saturated carbocycles. The second kappa shape index (κ2) is 5.14. The van der Waals surface area contributed by atoms with E-state index in [1.165, 1.54) is 6.26 Å². The first-order valence-corrected chi connectivity index (χ1v) is 6.88. The Morgan fingerprint density at radius 1 is 1.65 bits per heavy atom. The molecular formula is C12H18N2O2S. The SMILES string of the molecule is CC1SCCN(C(=O)c2coc(CN)c2)C1C. The van der Waals surface area contributed by atoms with Crippen LogP contribution >= 0.6 is 11.8 Å². The van der Waals surface area contributed by atoms with E-state index in [-0.39, 0.29) is 11.9 Å². The summed E-state index contributed by atoms with van der Waals surface area (Å²) < 4.78 is 5.21. The molecule has 1 fully saturated rings. The van der Waals surface area contributed by atoms with Crippen molar-refractivity contribution in [2.75, 3.05) is 12.3 Å².